The minimum atomic E-state index is -0.957. The molecule has 1 aliphatic heterocycles. The van der Waals surface area contributed by atoms with Crippen LogP contribution in [0.15, 0.2) is 97.1 Å². The number of halogens is 1. The van der Waals surface area contributed by atoms with E-state index in [0.717, 1.165) is 23.1 Å². The van der Waals surface area contributed by atoms with E-state index >= 15 is 0 Å². The minimum Gasteiger partial charge on any atom is -0.464 e. The van der Waals surface area contributed by atoms with Crippen molar-refractivity contribution in [1.29, 1.82) is 0 Å². The molecule has 12 heteroatoms. The Kier molecular flexibility index (Phi) is 16.1. The molecule has 0 unspecified atom stereocenters. The van der Waals surface area contributed by atoms with Crippen LogP contribution in [-0.2, 0) is 48.0 Å². The molecule has 0 saturated carbocycles. The van der Waals surface area contributed by atoms with Gasteiger partial charge in [-0.25, -0.2) is 4.79 Å². The fourth-order valence-corrected chi connectivity index (χ4v) is 6.54. The molecule has 3 aromatic carbocycles. The van der Waals surface area contributed by atoms with Crippen LogP contribution in [-0.4, -0.2) is 78.8 Å². The van der Waals surface area contributed by atoms with E-state index in [4.69, 9.17) is 31.5 Å². The maximum Gasteiger partial charge on any atom is 0.407 e. The van der Waals surface area contributed by atoms with Gasteiger partial charge in [0.15, 0.2) is 0 Å². The van der Waals surface area contributed by atoms with Crippen molar-refractivity contribution in [2.45, 2.75) is 90.3 Å². The zero-order chi connectivity index (χ0) is 39.1. The number of amides is 3. The molecule has 1 saturated heterocycles. The van der Waals surface area contributed by atoms with Gasteiger partial charge in [0, 0.05) is 23.9 Å². The SMILES string of the molecule is CC(=O)OC[C@H](Cc1ccccc1)NC(=O)OC[C@@](C)(/C=C/[C@@H]1CCCN1C(=O)[C@@H](NC(=O)[C@H](C)N)[C@@H](C)OCc1ccccc1)Cc1cccc(Cl)c1. The Bertz CT molecular complexity index is 1710. The molecule has 0 aromatic heterocycles. The number of rotatable bonds is 18. The van der Waals surface area contributed by atoms with Crippen LogP contribution in [0.1, 0.15) is 57.2 Å². The maximum absolute atomic E-state index is 14.2. The summed E-state index contributed by atoms with van der Waals surface area (Å²) in [5.41, 5.74) is 8.03. The van der Waals surface area contributed by atoms with Crippen molar-refractivity contribution < 1.29 is 33.4 Å². The Labute approximate surface area is 323 Å². The normalized spacial score (nSPS) is 17.5. The first kappa shape index (κ1) is 42.0. The number of ether oxygens (including phenoxy) is 3. The lowest BCUT2D eigenvalue weighted by Crippen LogP contribution is -2.57. The van der Waals surface area contributed by atoms with Gasteiger partial charge in [0.25, 0.3) is 0 Å². The van der Waals surface area contributed by atoms with Gasteiger partial charge in [-0.15, -0.1) is 0 Å². The summed E-state index contributed by atoms with van der Waals surface area (Å²) in [5.74, 6) is -1.15. The largest absolute Gasteiger partial charge is 0.464 e. The molecule has 4 rings (SSSR count). The van der Waals surface area contributed by atoms with Gasteiger partial charge in [0.2, 0.25) is 11.8 Å². The minimum absolute atomic E-state index is 0.00552. The molecule has 0 spiro atoms. The molecule has 11 nitrogen and oxygen atoms in total. The molecule has 1 heterocycles. The topological polar surface area (TPSA) is 149 Å². The molecule has 1 fully saturated rings. The molecule has 3 amide bonds. The number of nitrogens with zero attached hydrogens (tertiary/aromatic N) is 1. The highest BCUT2D eigenvalue weighted by Crippen LogP contribution is 2.29. The van der Waals surface area contributed by atoms with Gasteiger partial charge in [-0.2, -0.15) is 0 Å². The first-order valence-corrected chi connectivity index (χ1v) is 18.8. The predicted molar refractivity (Wildman–Crippen MR) is 208 cm³/mol. The lowest BCUT2D eigenvalue weighted by molar-refractivity contribution is -0.142. The molecule has 290 valence electrons. The number of hydrogen-bond acceptors (Lipinski definition) is 8. The van der Waals surface area contributed by atoms with E-state index in [-0.39, 0.29) is 31.8 Å². The third-order valence-electron chi connectivity index (χ3n) is 9.27. The van der Waals surface area contributed by atoms with Crippen molar-refractivity contribution in [3.63, 3.8) is 0 Å². The number of esters is 1. The van der Waals surface area contributed by atoms with E-state index in [0.29, 0.717) is 30.8 Å². The fraction of sp³-hybridized carbons (Fsp3) is 0.429. The van der Waals surface area contributed by atoms with Crippen LogP contribution in [0.2, 0.25) is 5.02 Å². The highest BCUT2D eigenvalue weighted by atomic mass is 35.5. The molecule has 6 atom stereocenters. The number of alkyl carbamates (subject to hydrolysis) is 1. The Morgan fingerprint density at radius 3 is 2.26 bits per heavy atom. The number of carbonyl (C=O) groups is 4. The summed E-state index contributed by atoms with van der Waals surface area (Å²) >= 11 is 6.34. The second kappa shape index (κ2) is 20.7. The van der Waals surface area contributed by atoms with Crippen molar-refractivity contribution in [1.82, 2.24) is 15.5 Å². The molecule has 3 aromatic rings. The van der Waals surface area contributed by atoms with Gasteiger partial charge in [0.1, 0.15) is 19.3 Å². The third-order valence-corrected chi connectivity index (χ3v) is 9.51. The molecule has 54 heavy (non-hydrogen) atoms. The van der Waals surface area contributed by atoms with E-state index in [1.165, 1.54) is 6.92 Å². The number of likely N-dealkylation sites (tertiary alicyclic amines) is 1. The summed E-state index contributed by atoms with van der Waals surface area (Å²) in [7, 11) is 0. The molecule has 0 aliphatic carbocycles. The second-order valence-corrected chi connectivity index (χ2v) is 14.7. The van der Waals surface area contributed by atoms with Crippen molar-refractivity contribution in [3.05, 3.63) is 119 Å². The van der Waals surface area contributed by atoms with Crippen molar-refractivity contribution in [2.24, 2.45) is 11.1 Å². The summed E-state index contributed by atoms with van der Waals surface area (Å²) < 4.78 is 17.2. The van der Waals surface area contributed by atoms with Gasteiger partial charge in [0.05, 0.1) is 30.8 Å². The van der Waals surface area contributed by atoms with Crippen LogP contribution in [0.25, 0.3) is 0 Å². The van der Waals surface area contributed by atoms with E-state index in [2.05, 4.69) is 10.6 Å². The van der Waals surface area contributed by atoms with Crippen LogP contribution in [0.5, 0.6) is 0 Å². The fourth-order valence-electron chi connectivity index (χ4n) is 6.33. The van der Waals surface area contributed by atoms with E-state index in [9.17, 15) is 19.2 Å². The third kappa shape index (κ3) is 13.6. The molecular formula is C42H53ClN4O7. The Morgan fingerprint density at radius 1 is 0.944 bits per heavy atom. The van der Waals surface area contributed by atoms with Crippen LogP contribution in [0.3, 0.4) is 0 Å². The van der Waals surface area contributed by atoms with Crippen LogP contribution in [0, 0.1) is 5.41 Å². The average molecular weight is 761 g/mol. The standard InChI is InChI=1S/C42H53ClN4O7/c1-29(44)39(49)46-38(30(2)52-26-33-15-9-6-10-16-33)40(50)47-22-12-19-37(47)20-21-42(4,25-34-17-11-18-35(43)23-34)28-54-41(51)45-36(27-53-31(3)48)24-32-13-7-5-8-14-32/h5-11,13-18,20-21,23,29-30,36-38H,12,19,22,24-28,44H2,1-4H3,(H,45,51)(H,46,49)/b21-20+/t29-,30+,36-,37-,38-,42-/m0/s1. The van der Waals surface area contributed by atoms with Gasteiger partial charge >= 0.3 is 12.1 Å². The number of hydrogen-bond donors (Lipinski definition) is 3. The van der Waals surface area contributed by atoms with Crippen LogP contribution >= 0.6 is 11.6 Å². The van der Waals surface area contributed by atoms with E-state index < -0.39 is 47.6 Å². The summed E-state index contributed by atoms with van der Waals surface area (Å²) in [6, 6.07) is 24.1. The van der Waals surface area contributed by atoms with Gasteiger partial charge in [-0.05, 0) is 68.4 Å². The van der Waals surface area contributed by atoms with E-state index in [1.807, 2.05) is 97.9 Å². The lowest BCUT2D eigenvalue weighted by Gasteiger charge is -2.32. The summed E-state index contributed by atoms with van der Waals surface area (Å²) in [6.07, 6.45) is 5.08. The first-order valence-electron chi connectivity index (χ1n) is 18.4. The Morgan fingerprint density at radius 2 is 1.61 bits per heavy atom. The van der Waals surface area contributed by atoms with E-state index in [1.54, 1.807) is 24.8 Å². The number of carbonyl (C=O) groups excluding carboxylic acids is 4. The summed E-state index contributed by atoms with van der Waals surface area (Å²) in [4.78, 5) is 53.6. The number of nitrogens with one attached hydrogen (secondary N) is 2. The quantitative estimate of drug-likeness (QED) is 0.109. The van der Waals surface area contributed by atoms with Crippen molar-refractivity contribution in [2.75, 3.05) is 19.8 Å². The zero-order valence-corrected chi connectivity index (χ0v) is 32.3. The smallest absolute Gasteiger partial charge is 0.407 e. The van der Waals surface area contributed by atoms with Crippen LogP contribution < -0.4 is 16.4 Å². The Balaban J connectivity index is 1.50. The predicted octanol–water partition coefficient (Wildman–Crippen LogP) is 5.77. The number of nitrogens with two attached hydrogens (primary N) is 1. The monoisotopic (exact) mass is 760 g/mol. The van der Waals surface area contributed by atoms with Crippen molar-refractivity contribution in [3.8, 4) is 0 Å². The molecular weight excluding hydrogens is 708 g/mol. The number of benzene rings is 3. The molecule has 0 radical (unpaired) electrons. The maximum atomic E-state index is 14.2. The summed E-state index contributed by atoms with van der Waals surface area (Å²) in [6.45, 7) is 7.41. The summed E-state index contributed by atoms with van der Waals surface area (Å²) in [5, 5.41) is 6.28. The lowest BCUT2D eigenvalue weighted by atomic mass is 9.83. The van der Waals surface area contributed by atoms with Gasteiger partial charge in [-0.3, -0.25) is 14.4 Å². The Hall–Kier alpha value is -4.71. The van der Waals surface area contributed by atoms with Crippen LogP contribution in [0.4, 0.5) is 4.79 Å². The van der Waals surface area contributed by atoms with Crippen molar-refractivity contribution >= 4 is 35.5 Å². The van der Waals surface area contributed by atoms with Gasteiger partial charge in [-0.1, -0.05) is 103 Å². The highest BCUT2D eigenvalue weighted by Gasteiger charge is 2.37. The average Bonchev–Trinajstić information content (AvgIpc) is 3.63. The molecule has 0 bridgehead atoms. The van der Waals surface area contributed by atoms with Gasteiger partial charge < -0.3 is 35.5 Å². The zero-order valence-electron chi connectivity index (χ0n) is 31.5. The highest BCUT2D eigenvalue weighted by molar-refractivity contribution is 6.30. The first-order chi connectivity index (χ1) is 25.8. The second-order valence-electron chi connectivity index (χ2n) is 14.2. The molecule has 1 aliphatic rings. The molecule has 4 N–H and O–H groups in total.